The Morgan fingerprint density at radius 3 is 1.33 bits per heavy atom. The van der Waals surface area contributed by atoms with Crippen LogP contribution in [0.4, 0.5) is 0 Å². The summed E-state index contributed by atoms with van der Waals surface area (Å²) in [6.45, 7) is 5.16. The van der Waals surface area contributed by atoms with Crippen molar-refractivity contribution in [3.63, 3.8) is 0 Å². The summed E-state index contributed by atoms with van der Waals surface area (Å²) in [4.78, 5) is 12.1. The number of aliphatic carboxylic acids is 1. The van der Waals surface area contributed by atoms with E-state index in [9.17, 15) is 4.79 Å². The third-order valence-electron chi connectivity index (χ3n) is 1.07. The van der Waals surface area contributed by atoms with Crippen LogP contribution >= 0.6 is 0 Å². The van der Waals surface area contributed by atoms with Gasteiger partial charge in [0.05, 0.1) is 0 Å². The van der Waals surface area contributed by atoms with Gasteiger partial charge in [-0.25, -0.2) is 4.79 Å². The van der Waals surface area contributed by atoms with E-state index >= 15 is 0 Å². The molecule has 1 N–H and O–H groups in total. The third kappa shape index (κ3) is 11.9. The number of hydrogen-bond acceptors (Lipinski definition) is 2. The maximum atomic E-state index is 10.1. The van der Waals surface area contributed by atoms with Crippen molar-refractivity contribution in [2.75, 3.05) is 21.1 Å². The summed E-state index contributed by atoms with van der Waals surface area (Å²) in [6, 6.07) is 0. The van der Waals surface area contributed by atoms with Crippen LogP contribution in [0.15, 0.2) is 11.1 Å². The number of nitrogens with zero attached hydrogens (tertiary/aromatic N) is 1. The quantitative estimate of drug-likeness (QED) is 0.612. The highest BCUT2D eigenvalue weighted by atomic mass is 16.4. The first-order valence-electron chi connectivity index (χ1n) is 3.77. The van der Waals surface area contributed by atoms with Crippen LogP contribution in [0.25, 0.3) is 0 Å². The molecule has 0 aromatic heterocycles. The fraction of sp³-hybridized carbons (Fsp3) is 0.667. The van der Waals surface area contributed by atoms with E-state index in [2.05, 4.69) is 0 Å². The summed E-state index contributed by atoms with van der Waals surface area (Å²) >= 11 is 0. The molecule has 0 aromatic rings. The average molecular weight is 173 g/mol. The zero-order chi connectivity index (χ0) is 10.3. The molecule has 72 valence electrons. The Labute approximate surface area is 74.7 Å². The van der Waals surface area contributed by atoms with Gasteiger partial charge in [-0.3, -0.25) is 0 Å². The minimum absolute atomic E-state index is 0.435. The highest BCUT2D eigenvalue weighted by molar-refractivity contribution is 5.86. The minimum Gasteiger partial charge on any atom is -0.478 e. The second-order valence-corrected chi connectivity index (χ2v) is 3.27. The fourth-order valence-electron chi connectivity index (χ4n) is 0.214. The summed E-state index contributed by atoms with van der Waals surface area (Å²) in [5, 5.41) is 8.29. The first-order valence-corrected chi connectivity index (χ1v) is 3.77. The first kappa shape index (κ1) is 13.7. The molecule has 0 amide bonds. The van der Waals surface area contributed by atoms with Gasteiger partial charge in [-0.2, -0.15) is 0 Å². The van der Waals surface area contributed by atoms with E-state index in [1.165, 1.54) is 0 Å². The number of allylic oxidation sites excluding steroid dienone is 1. The lowest BCUT2D eigenvalue weighted by atomic mass is 10.2. The number of carboxylic acids is 1. The topological polar surface area (TPSA) is 40.5 Å². The second-order valence-electron chi connectivity index (χ2n) is 3.27. The van der Waals surface area contributed by atoms with Crippen molar-refractivity contribution in [2.45, 2.75) is 20.8 Å². The first-order chi connectivity index (χ1) is 5.29. The van der Waals surface area contributed by atoms with Gasteiger partial charge in [0.2, 0.25) is 0 Å². The Morgan fingerprint density at radius 1 is 1.08 bits per heavy atom. The molecule has 12 heavy (non-hydrogen) atoms. The van der Waals surface area contributed by atoms with Crippen molar-refractivity contribution in [1.82, 2.24) is 4.90 Å². The van der Waals surface area contributed by atoms with Gasteiger partial charge in [-0.05, 0) is 41.9 Å². The number of carbonyl (C=O) groups is 1. The van der Waals surface area contributed by atoms with Gasteiger partial charge >= 0.3 is 5.97 Å². The molecule has 0 unspecified atom stereocenters. The lowest BCUT2D eigenvalue weighted by Gasteiger charge is -1.92. The Morgan fingerprint density at radius 2 is 1.33 bits per heavy atom. The highest BCUT2D eigenvalue weighted by Crippen LogP contribution is 1.99. The van der Waals surface area contributed by atoms with Gasteiger partial charge in [0, 0.05) is 5.57 Å². The molecule has 0 saturated carbocycles. The number of hydrogen-bond donors (Lipinski definition) is 1. The number of carboxylic acid groups (broad SMARTS) is 1. The van der Waals surface area contributed by atoms with Crippen LogP contribution in [0.3, 0.4) is 0 Å². The third-order valence-corrected chi connectivity index (χ3v) is 1.07. The molecule has 0 saturated heterocycles. The summed E-state index contributed by atoms with van der Waals surface area (Å²) < 4.78 is 0. The molecule has 0 aliphatic rings. The molecule has 0 aromatic carbocycles. The average Bonchev–Trinajstić information content (AvgIpc) is 1.84. The summed E-state index contributed by atoms with van der Waals surface area (Å²) in [5.41, 5.74) is 1.29. The molecule has 0 aliphatic carbocycles. The van der Waals surface area contributed by atoms with Crippen LogP contribution in [0.2, 0.25) is 0 Å². The Kier molecular flexibility index (Phi) is 7.85. The maximum Gasteiger partial charge on any atom is 0.331 e. The van der Waals surface area contributed by atoms with Crippen molar-refractivity contribution in [2.24, 2.45) is 0 Å². The molecule has 3 heteroatoms. The van der Waals surface area contributed by atoms with Gasteiger partial charge in [0.15, 0.2) is 0 Å². The van der Waals surface area contributed by atoms with Crippen molar-refractivity contribution >= 4 is 5.97 Å². The SMILES string of the molecule is CC(C)=C(C)C(=O)O.CN(C)C. The largest absolute Gasteiger partial charge is 0.478 e. The predicted octanol–water partition coefficient (Wildman–Crippen LogP) is 1.61. The van der Waals surface area contributed by atoms with Crippen LogP contribution in [-0.2, 0) is 4.79 Å². The van der Waals surface area contributed by atoms with Crippen LogP contribution in [0, 0.1) is 0 Å². The summed E-state index contributed by atoms with van der Waals surface area (Å²) in [7, 11) is 6.00. The molecule has 0 spiro atoms. The molecule has 0 heterocycles. The fourth-order valence-corrected chi connectivity index (χ4v) is 0.214. The van der Waals surface area contributed by atoms with Crippen LogP contribution in [0.1, 0.15) is 20.8 Å². The zero-order valence-electron chi connectivity index (χ0n) is 8.80. The van der Waals surface area contributed by atoms with Crippen molar-refractivity contribution in [1.29, 1.82) is 0 Å². The lowest BCUT2D eigenvalue weighted by molar-refractivity contribution is -0.132. The van der Waals surface area contributed by atoms with Gasteiger partial charge < -0.3 is 10.0 Å². The predicted molar refractivity (Wildman–Crippen MR) is 51.3 cm³/mol. The second kappa shape index (κ2) is 6.85. The summed E-state index contributed by atoms with van der Waals surface area (Å²) in [6.07, 6.45) is 0. The van der Waals surface area contributed by atoms with Crippen LogP contribution in [0.5, 0.6) is 0 Å². The Bertz CT molecular complexity index is 165. The van der Waals surface area contributed by atoms with E-state index in [0.29, 0.717) is 5.57 Å². The lowest BCUT2D eigenvalue weighted by Crippen LogP contribution is -1.99. The molecule has 0 radical (unpaired) electrons. The molecule has 0 atom stereocenters. The molecule has 0 fully saturated rings. The van der Waals surface area contributed by atoms with Crippen LogP contribution in [-0.4, -0.2) is 37.1 Å². The smallest absolute Gasteiger partial charge is 0.331 e. The molecule has 0 aliphatic heterocycles. The minimum atomic E-state index is -0.829. The van der Waals surface area contributed by atoms with Crippen LogP contribution < -0.4 is 0 Å². The highest BCUT2D eigenvalue weighted by Gasteiger charge is 1.98. The normalized spacial score (nSPS) is 8.58. The molecule has 0 bridgehead atoms. The van der Waals surface area contributed by atoms with E-state index in [1.54, 1.807) is 20.8 Å². The molecular formula is C9H19NO2. The standard InChI is InChI=1S/C6H10O2.C3H9N/c1-4(2)5(3)6(7)8;1-4(2)3/h1-3H3,(H,7,8);1-3H3. The van der Waals surface area contributed by atoms with E-state index < -0.39 is 5.97 Å². The van der Waals surface area contributed by atoms with Gasteiger partial charge in [0.25, 0.3) is 0 Å². The van der Waals surface area contributed by atoms with E-state index in [1.807, 2.05) is 26.0 Å². The molecule has 3 nitrogen and oxygen atoms in total. The maximum absolute atomic E-state index is 10.1. The Balaban J connectivity index is 0. The van der Waals surface area contributed by atoms with Gasteiger partial charge in [-0.15, -0.1) is 0 Å². The molecule has 0 rings (SSSR count). The van der Waals surface area contributed by atoms with E-state index in [-0.39, 0.29) is 0 Å². The van der Waals surface area contributed by atoms with E-state index in [0.717, 1.165) is 5.57 Å². The van der Waals surface area contributed by atoms with Crippen molar-refractivity contribution in [3.05, 3.63) is 11.1 Å². The van der Waals surface area contributed by atoms with Gasteiger partial charge in [-0.1, -0.05) is 5.57 Å². The zero-order valence-corrected chi connectivity index (χ0v) is 8.80. The Hall–Kier alpha value is -0.830. The number of rotatable bonds is 1. The monoisotopic (exact) mass is 173 g/mol. The molecular weight excluding hydrogens is 154 g/mol. The summed E-state index contributed by atoms with van der Waals surface area (Å²) in [5.74, 6) is -0.829. The van der Waals surface area contributed by atoms with Gasteiger partial charge in [0.1, 0.15) is 0 Å². The van der Waals surface area contributed by atoms with Crippen molar-refractivity contribution in [3.8, 4) is 0 Å². The van der Waals surface area contributed by atoms with E-state index in [4.69, 9.17) is 5.11 Å². The van der Waals surface area contributed by atoms with Crippen molar-refractivity contribution < 1.29 is 9.90 Å².